The van der Waals surface area contributed by atoms with Crippen molar-refractivity contribution in [3.8, 4) is 5.88 Å². The van der Waals surface area contributed by atoms with E-state index < -0.39 is 9.84 Å². The van der Waals surface area contributed by atoms with Crippen molar-refractivity contribution >= 4 is 27.4 Å². The average Bonchev–Trinajstić information content (AvgIpc) is 3.53. The van der Waals surface area contributed by atoms with Gasteiger partial charge in [-0.25, -0.2) is 23.2 Å². The lowest BCUT2D eigenvalue weighted by atomic mass is 9.98. The van der Waals surface area contributed by atoms with Crippen molar-refractivity contribution in [1.29, 1.82) is 0 Å². The van der Waals surface area contributed by atoms with Crippen molar-refractivity contribution in [2.24, 2.45) is 0 Å². The van der Waals surface area contributed by atoms with Crippen LogP contribution in [0.3, 0.4) is 0 Å². The third kappa shape index (κ3) is 4.82. The highest BCUT2D eigenvalue weighted by atomic mass is 32.2. The maximum Gasteiger partial charge on any atom is 0.410 e. The second-order valence-corrected chi connectivity index (χ2v) is 11.3. The van der Waals surface area contributed by atoms with Crippen molar-refractivity contribution in [3.05, 3.63) is 36.2 Å². The molecule has 1 saturated carbocycles. The molecule has 1 aromatic carbocycles. The van der Waals surface area contributed by atoms with E-state index in [-0.39, 0.29) is 24.3 Å². The molecule has 34 heavy (non-hydrogen) atoms. The SMILES string of the molecule is CCC1CC(Oc2cc(N3CCc4cc(S(C)(=O)=O)ccc43)ncn2)CCN1C(=O)OC1CC1. The van der Waals surface area contributed by atoms with E-state index in [9.17, 15) is 13.2 Å². The standard InChI is InChI=1S/C24H30N4O5S/c1-3-17-13-19(9-11-27(17)24(29)33-18-4-5-18)32-23-14-22(25-15-26-23)28-10-8-16-12-20(34(2,30)31)6-7-21(16)28/h6-7,12,14-15,17-19H,3-5,8-11,13H2,1-2H3. The second-order valence-electron chi connectivity index (χ2n) is 9.28. The van der Waals surface area contributed by atoms with Crippen LogP contribution in [0.5, 0.6) is 5.88 Å². The molecule has 182 valence electrons. The number of aromatic nitrogens is 2. The molecule has 3 aliphatic rings. The first-order valence-electron chi connectivity index (χ1n) is 11.9. The van der Waals surface area contributed by atoms with E-state index in [2.05, 4.69) is 21.8 Å². The number of fused-ring (bicyclic) bond motifs is 1. The molecule has 3 heterocycles. The molecular weight excluding hydrogens is 456 g/mol. The first kappa shape index (κ1) is 22.9. The molecule has 1 saturated heterocycles. The summed E-state index contributed by atoms with van der Waals surface area (Å²) in [5, 5.41) is 0. The molecule has 2 atom stereocenters. The third-order valence-electron chi connectivity index (χ3n) is 6.73. The molecule has 1 aromatic heterocycles. The average molecular weight is 487 g/mol. The molecule has 1 amide bonds. The number of sulfone groups is 1. The highest BCUT2D eigenvalue weighted by molar-refractivity contribution is 7.90. The Morgan fingerprint density at radius 1 is 1.12 bits per heavy atom. The molecular formula is C24H30N4O5S. The minimum absolute atomic E-state index is 0.0409. The molecule has 2 aliphatic heterocycles. The van der Waals surface area contributed by atoms with Gasteiger partial charge in [0.25, 0.3) is 0 Å². The zero-order chi connectivity index (χ0) is 23.9. The number of piperidine rings is 1. The Kier molecular flexibility index (Phi) is 6.09. The fourth-order valence-electron chi connectivity index (χ4n) is 4.70. The highest BCUT2D eigenvalue weighted by Gasteiger charge is 2.36. The minimum Gasteiger partial charge on any atom is -0.474 e. The minimum atomic E-state index is -3.25. The Labute approximate surface area is 200 Å². The van der Waals surface area contributed by atoms with Gasteiger partial charge in [0.2, 0.25) is 5.88 Å². The molecule has 1 aliphatic carbocycles. The molecule has 9 nitrogen and oxygen atoms in total. The fourth-order valence-corrected chi connectivity index (χ4v) is 5.38. The first-order valence-corrected chi connectivity index (χ1v) is 13.8. The quantitative estimate of drug-likeness (QED) is 0.611. The smallest absolute Gasteiger partial charge is 0.410 e. The van der Waals surface area contributed by atoms with Crippen LogP contribution in [-0.2, 0) is 21.0 Å². The molecule has 2 fully saturated rings. The van der Waals surface area contributed by atoms with Crippen LogP contribution in [0.25, 0.3) is 0 Å². The van der Waals surface area contributed by atoms with Crippen molar-refractivity contribution < 1.29 is 22.7 Å². The van der Waals surface area contributed by atoms with Gasteiger partial charge in [-0.2, -0.15) is 0 Å². The second kappa shape index (κ2) is 9.05. The Balaban J connectivity index is 1.26. The monoisotopic (exact) mass is 486 g/mol. The van der Waals surface area contributed by atoms with E-state index in [4.69, 9.17) is 9.47 Å². The maximum atomic E-state index is 12.5. The largest absolute Gasteiger partial charge is 0.474 e. The summed E-state index contributed by atoms with van der Waals surface area (Å²) in [5.74, 6) is 1.22. The number of benzene rings is 1. The van der Waals surface area contributed by atoms with Crippen LogP contribution in [-0.4, -0.2) is 67.0 Å². The van der Waals surface area contributed by atoms with Gasteiger partial charge < -0.3 is 19.3 Å². The van der Waals surface area contributed by atoms with Crippen LogP contribution in [0.2, 0.25) is 0 Å². The predicted octanol–water partition coefficient (Wildman–Crippen LogP) is 3.50. The van der Waals surface area contributed by atoms with Gasteiger partial charge in [0.05, 0.1) is 4.90 Å². The summed E-state index contributed by atoms with van der Waals surface area (Å²) in [4.78, 5) is 25.4. The summed E-state index contributed by atoms with van der Waals surface area (Å²) in [7, 11) is -3.25. The zero-order valence-electron chi connectivity index (χ0n) is 19.5. The number of hydrogen-bond acceptors (Lipinski definition) is 8. The molecule has 2 unspecified atom stereocenters. The van der Waals surface area contributed by atoms with Gasteiger partial charge in [0, 0.05) is 50.0 Å². The van der Waals surface area contributed by atoms with Gasteiger partial charge >= 0.3 is 6.09 Å². The molecule has 0 spiro atoms. The number of amides is 1. The van der Waals surface area contributed by atoms with E-state index in [0.29, 0.717) is 29.7 Å². The molecule has 0 N–H and O–H groups in total. The lowest BCUT2D eigenvalue weighted by Gasteiger charge is -2.38. The van der Waals surface area contributed by atoms with Crippen molar-refractivity contribution in [2.75, 3.05) is 24.2 Å². The van der Waals surface area contributed by atoms with Crippen LogP contribution in [0.4, 0.5) is 16.3 Å². The molecule has 2 aromatic rings. The van der Waals surface area contributed by atoms with Crippen LogP contribution in [0.1, 0.15) is 44.6 Å². The summed E-state index contributed by atoms with van der Waals surface area (Å²) in [6.45, 7) is 3.39. The van der Waals surface area contributed by atoms with Crippen LogP contribution in [0, 0.1) is 0 Å². The molecule has 0 radical (unpaired) electrons. The van der Waals surface area contributed by atoms with Gasteiger partial charge in [0.1, 0.15) is 24.4 Å². The highest BCUT2D eigenvalue weighted by Crippen LogP contribution is 2.36. The fraction of sp³-hybridized carbons (Fsp3) is 0.542. The van der Waals surface area contributed by atoms with Crippen molar-refractivity contribution in [3.63, 3.8) is 0 Å². The first-order chi connectivity index (χ1) is 16.3. The topological polar surface area (TPSA) is 102 Å². The zero-order valence-corrected chi connectivity index (χ0v) is 20.3. The molecule has 10 heteroatoms. The lowest BCUT2D eigenvalue weighted by molar-refractivity contribution is 0.0324. The number of anilines is 2. The van der Waals surface area contributed by atoms with Gasteiger partial charge in [-0.05, 0) is 49.4 Å². The van der Waals surface area contributed by atoms with Crippen molar-refractivity contribution in [1.82, 2.24) is 14.9 Å². The predicted molar refractivity (Wildman–Crippen MR) is 126 cm³/mol. The van der Waals surface area contributed by atoms with Gasteiger partial charge in [-0.15, -0.1) is 0 Å². The maximum absolute atomic E-state index is 12.5. The lowest BCUT2D eigenvalue weighted by Crippen LogP contribution is -2.49. The van der Waals surface area contributed by atoms with E-state index in [1.807, 2.05) is 17.0 Å². The Bertz CT molecular complexity index is 1180. The normalized spacial score (nSPS) is 22.4. The number of likely N-dealkylation sites (tertiary alicyclic amines) is 1. The van der Waals surface area contributed by atoms with Crippen molar-refractivity contribution in [2.45, 2.75) is 68.6 Å². The molecule has 5 rings (SSSR count). The van der Waals surface area contributed by atoms with Crippen LogP contribution in [0.15, 0.2) is 35.5 Å². The Morgan fingerprint density at radius 2 is 1.94 bits per heavy atom. The number of rotatable bonds is 6. The Morgan fingerprint density at radius 3 is 2.68 bits per heavy atom. The van der Waals surface area contributed by atoms with Gasteiger partial charge in [0.15, 0.2) is 9.84 Å². The number of carbonyl (C=O) groups excluding carboxylic acids is 1. The number of carbonyl (C=O) groups is 1. The number of hydrogen-bond donors (Lipinski definition) is 0. The van der Waals surface area contributed by atoms with Gasteiger partial charge in [-0.1, -0.05) is 6.92 Å². The van der Waals surface area contributed by atoms with Crippen LogP contribution >= 0.6 is 0 Å². The Hall–Kier alpha value is -2.88. The molecule has 0 bridgehead atoms. The summed E-state index contributed by atoms with van der Waals surface area (Å²) in [6, 6.07) is 7.13. The van der Waals surface area contributed by atoms with Crippen LogP contribution < -0.4 is 9.64 Å². The van der Waals surface area contributed by atoms with E-state index in [0.717, 1.165) is 49.8 Å². The van der Waals surface area contributed by atoms with Gasteiger partial charge in [-0.3, -0.25) is 0 Å². The number of nitrogens with zero attached hydrogens (tertiary/aromatic N) is 4. The summed E-state index contributed by atoms with van der Waals surface area (Å²) >= 11 is 0. The summed E-state index contributed by atoms with van der Waals surface area (Å²) in [5.41, 5.74) is 1.94. The van der Waals surface area contributed by atoms with E-state index in [1.54, 1.807) is 12.1 Å². The third-order valence-corrected chi connectivity index (χ3v) is 7.84. The summed E-state index contributed by atoms with van der Waals surface area (Å²) < 4.78 is 35.5. The summed E-state index contributed by atoms with van der Waals surface area (Å²) in [6.07, 6.45) is 7.55. The number of ether oxygens (including phenoxy) is 2. The van der Waals surface area contributed by atoms with E-state index >= 15 is 0 Å². The van der Waals surface area contributed by atoms with E-state index in [1.165, 1.54) is 12.6 Å².